The van der Waals surface area contributed by atoms with Gasteiger partial charge in [0.1, 0.15) is 6.04 Å². The van der Waals surface area contributed by atoms with Crippen LogP contribution in [0.2, 0.25) is 0 Å². The molecular formula is C29H29N5OS. The van der Waals surface area contributed by atoms with Crippen LogP contribution in [0.1, 0.15) is 29.2 Å². The van der Waals surface area contributed by atoms with E-state index in [0.717, 1.165) is 43.4 Å². The van der Waals surface area contributed by atoms with Crippen LogP contribution in [-0.4, -0.2) is 41.0 Å². The van der Waals surface area contributed by atoms with Gasteiger partial charge < -0.3 is 24.4 Å². The van der Waals surface area contributed by atoms with Crippen molar-refractivity contribution in [3.63, 3.8) is 0 Å². The number of aryl methyl sites for hydroxylation is 1. The molecule has 36 heavy (non-hydrogen) atoms. The molecule has 0 radical (unpaired) electrons. The standard InChI is InChI=1S/C29H29N5OS/c1-21-10-15-26(33(21)23-7-3-2-4-8-23)28-27(25-9-5-6-16-30-25)31-29(36)34(28)24-13-11-22(12-14-24)32-17-19-35-20-18-32/h2-16,27-28H,17-20H2,1H3,(H,31,36)/t27-,28-/m1/s1. The predicted octanol–water partition coefficient (Wildman–Crippen LogP) is 5.19. The van der Waals surface area contributed by atoms with Gasteiger partial charge in [-0.15, -0.1) is 0 Å². The lowest BCUT2D eigenvalue weighted by atomic mass is 10.0. The minimum Gasteiger partial charge on any atom is -0.378 e. The third-order valence-corrected chi connectivity index (χ3v) is 7.34. The maximum Gasteiger partial charge on any atom is 0.174 e. The van der Waals surface area contributed by atoms with Gasteiger partial charge in [-0.25, -0.2) is 0 Å². The smallest absolute Gasteiger partial charge is 0.174 e. The Morgan fingerprint density at radius 1 is 0.833 bits per heavy atom. The van der Waals surface area contributed by atoms with E-state index in [2.05, 4.69) is 93.3 Å². The first-order chi connectivity index (χ1) is 17.7. The zero-order valence-electron chi connectivity index (χ0n) is 20.2. The zero-order valence-corrected chi connectivity index (χ0v) is 21.1. The molecule has 2 aromatic carbocycles. The van der Waals surface area contributed by atoms with Crippen molar-refractivity contribution < 1.29 is 4.74 Å². The van der Waals surface area contributed by atoms with Crippen LogP contribution in [-0.2, 0) is 4.74 Å². The van der Waals surface area contributed by atoms with Gasteiger partial charge in [-0.1, -0.05) is 24.3 Å². The SMILES string of the molecule is Cc1ccc([C@@H]2[C@@H](c3ccccn3)NC(=S)N2c2ccc(N3CCOCC3)cc2)n1-c1ccccc1. The van der Waals surface area contributed by atoms with Crippen molar-refractivity contribution in [3.05, 3.63) is 108 Å². The number of anilines is 2. The minimum atomic E-state index is -0.0885. The first-order valence-corrected chi connectivity index (χ1v) is 12.8. The maximum atomic E-state index is 5.95. The number of hydrogen-bond donors (Lipinski definition) is 1. The molecule has 6 rings (SSSR count). The molecule has 2 aliphatic rings. The summed E-state index contributed by atoms with van der Waals surface area (Å²) in [5, 5.41) is 4.29. The summed E-state index contributed by atoms with van der Waals surface area (Å²) in [6, 6.07) is 29.5. The van der Waals surface area contributed by atoms with E-state index < -0.39 is 0 Å². The second kappa shape index (κ2) is 9.76. The van der Waals surface area contributed by atoms with Crippen LogP contribution in [0.25, 0.3) is 5.69 Å². The molecule has 2 aromatic heterocycles. The van der Waals surface area contributed by atoms with Gasteiger partial charge >= 0.3 is 0 Å². The highest BCUT2D eigenvalue weighted by Gasteiger charge is 2.42. The fourth-order valence-corrected chi connectivity index (χ4v) is 5.64. The largest absolute Gasteiger partial charge is 0.378 e. The maximum absolute atomic E-state index is 5.95. The predicted molar refractivity (Wildman–Crippen MR) is 148 cm³/mol. The molecule has 1 N–H and O–H groups in total. The van der Waals surface area contributed by atoms with E-state index in [1.165, 1.54) is 17.1 Å². The van der Waals surface area contributed by atoms with Gasteiger partial charge in [0, 0.05) is 47.7 Å². The van der Waals surface area contributed by atoms with Crippen LogP contribution in [0.4, 0.5) is 11.4 Å². The molecule has 7 heteroatoms. The van der Waals surface area contributed by atoms with E-state index in [-0.39, 0.29) is 12.1 Å². The molecule has 2 fully saturated rings. The number of hydrogen-bond acceptors (Lipinski definition) is 4. The summed E-state index contributed by atoms with van der Waals surface area (Å²) in [5.41, 5.74) is 6.72. The molecule has 2 atom stereocenters. The summed E-state index contributed by atoms with van der Waals surface area (Å²) >= 11 is 5.95. The quantitative estimate of drug-likeness (QED) is 0.384. The third kappa shape index (κ3) is 4.14. The van der Waals surface area contributed by atoms with Crippen molar-refractivity contribution in [2.45, 2.75) is 19.0 Å². The summed E-state index contributed by atoms with van der Waals surface area (Å²) in [4.78, 5) is 9.32. The molecule has 2 aliphatic heterocycles. The third-order valence-electron chi connectivity index (χ3n) is 7.03. The highest BCUT2D eigenvalue weighted by atomic mass is 32.1. The zero-order chi connectivity index (χ0) is 24.5. The Labute approximate surface area is 217 Å². The summed E-state index contributed by atoms with van der Waals surface area (Å²) in [7, 11) is 0. The van der Waals surface area contributed by atoms with Crippen LogP contribution in [0.15, 0.2) is 91.1 Å². The Hall–Kier alpha value is -3.68. The van der Waals surface area contributed by atoms with Crippen molar-refractivity contribution in [3.8, 4) is 5.69 Å². The number of aromatic nitrogens is 2. The monoisotopic (exact) mass is 495 g/mol. The average Bonchev–Trinajstić information content (AvgIpc) is 3.49. The number of morpholine rings is 1. The van der Waals surface area contributed by atoms with E-state index in [4.69, 9.17) is 21.9 Å². The van der Waals surface area contributed by atoms with Gasteiger partial charge in [-0.3, -0.25) is 4.98 Å². The summed E-state index contributed by atoms with van der Waals surface area (Å²) in [5.74, 6) is 0. The summed E-state index contributed by atoms with van der Waals surface area (Å²) < 4.78 is 7.85. The normalized spacial score (nSPS) is 20.0. The van der Waals surface area contributed by atoms with Gasteiger partial charge in [-0.2, -0.15) is 0 Å². The van der Waals surface area contributed by atoms with Crippen LogP contribution in [0.3, 0.4) is 0 Å². The van der Waals surface area contributed by atoms with Crippen molar-refractivity contribution in [1.29, 1.82) is 0 Å². The number of thiocarbonyl (C=S) groups is 1. The van der Waals surface area contributed by atoms with Gasteiger partial charge in [0.25, 0.3) is 0 Å². The van der Waals surface area contributed by atoms with Gasteiger partial charge in [0.2, 0.25) is 0 Å². The summed E-state index contributed by atoms with van der Waals surface area (Å²) in [6.07, 6.45) is 1.85. The number of para-hydroxylation sites is 1. The number of benzene rings is 2. The van der Waals surface area contributed by atoms with Crippen molar-refractivity contribution in [1.82, 2.24) is 14.9 Å². The van der Waals surface area contributed by atoms with E-state index >= 15 is 0 Å². The molecule has 2 saturated heterocycles. The Bertz CT molecular complexity index is 1330. The average molecular weight is 496 g/mol. The molecular weight excluding hydrogens is 466 g/mol. The molecule has 0 unspecified atom stereocenters. The first-order valence-electron chi connectivity index (χ1n) is 12.4. The van der Waals surface area contributed by atoms with Crippen LogP contribution in [0.5, 0.6) is 0 Å². The Morgan fingerprint density at radius 2 is 1.56 bits per heavy atom. The van der Waals surface area contributed by atoms with E-state index in [1.807, 2.05) is 24.4 Å². The van der Waals surface area contributed by atoms with Crippen LogP contribution < -0.4 is 15.1 Å². The fraction of sp³-hybridized carbons (Fsp3) is 0.241. The highest BCUT2D eigenvalue weighted by Crippen LogP contribution is 2.43. The number of pyridine rings is 1. The molecule has 4 aromatic rings. The van der Waals surface area contributed by atoms with Gasteiger partial charge in [0.05, 0.1) is 24.9 Å². The lowest BCUT2D eigenvalue weighted by molar-refractivity contribution is 0.122. The van der Waals surface area contributed by atoms with Gasteiger partial charge in [0.15, 0.2) is 5.11 Å². The fourth-order valence-electron chi connectivity index (χ4n) is 5.30. The summed E-state index contributed by atoms with van der Waals surface area (Å²) in [6.45, 7) is 5.51. The number of nitrogens with one attached hydrogen (secondary N) is 1. The molecule has 0 bridgehead atoms. The van der Waals surface area contributed by atoms with Gasteiger partial charge in [-0.05, 0) is 79.8 Å². The van der Waals surface area contributed by atoms with E-state index in [1.54, 1.807) is 0 Å². The van der Waals surface area contributed by atoms with E-state index in [9.17, 15) is 0 Å². The van der Waals surface area contributed by atoms with Crippen LogP contribution >= 0.6 is 12.2 Å². The molecule has 4 heterocycles. The Balaban J connectivity index is 1.44. The van der Waals surface area contributed by atoms with Crippen molar-refractivity contribution in [2.75, 3.05) is 36.1 Å². The Kier molecular flexibility index (Phi) is 6.17. The number of nitrogens with zero attached hydrogens (tertiary/aromatic N) is 4. The van der Waals surface area contributed by atoms with Crippen molar-refractivity contribution in [2.24, 2.45) is 0 Å². The topological polar surface area (TPSA) is 45.6 Å². The second-order valence-electron chi connectivity index (χ2n) is 9.18. The lowest BCUT2D eigenvalue weighted by Crippen LogP contribution is -2.36. The molecule has 6 nitrogen and oxygen atoms in total. The molecule has 182 valence electrons. The number of ether oxygens (including phenoxy) is 1. The Morgan fingerprint density at radius 3 is 2.28 bits per heavy atom. The molecule has 0 aliphatic carbocycles. The molecule has 0 spiro atoms. The molecule has 0 amide bonds. The first kappa shape index (κ1) is 22.8. The van der Waals surface area contributed by atoms with Crippen molar-refractivity contribution >= 4 is 28.7 Å². The lowest BCUT2D eigenvalue weighted by Gasteiger charge is -2.31. The minimum absolute atomic E-state index is 0.0736. The van der Waals surface area contributed by atoms with E-state index in [0.29, 0.717) is 5.11 Å². The second-order valence-corrected chi connectivity index (χ2v) is 9.57. The highest BCUT2D eigenvalue weighted by molar-refractivity contribution is 7.80. The number of rotatable bonds is 5. The molecule has 0 saturated carbocycles. The van der Waals surface area contributed by atoms with Crippen LogP contribution in [0, 0.1) is 6.92 Å².